The molecule has 0 spiro atoms. The molecule has 0 unspecified atom stereocenters. The summed E-state index contributed by atoms with van der Waals surface area (Å²) >= 11 is 0. The predicted octanol–water partition coefficient (Wildman–Crippen LogP) is 13.2. The lowest BCUT2D eigenvalue weighted by atomic mass is 9.71. The van der Waals surface area contributed by atoms with Crippen LogP contribution < -0.4 is 4.90 Å². The Labute approximate surface area is 288 Å². The minimum atomic E-state index is -0.220. The van der Waals surface area contributed by atoms with Gasteiger partial charge in [0, 0.05) is 22.1 Å². The Kier molecular flexibility index (Phi) is 5.75. The smallest absolute Gasteiger partial charge is 0.0584 e. The van der Waals surface area contributed by atoms with E-state index in [0.29, 0.717) is 0 Å². The van der Waals surface area contributed by atoms with Crippen LogP contribution in [0.4, 0.5) is 17.1 Å². The molecule has 0 fully saturated rings. The fourth-order valence-electron chi connectivity index (χ4n) is 9.12. The molecule has 0 radical (unpaired) electrons. The third-order valence-electron chi connectivity index (χ3n) is 11.6. The second-order valence-corrected chi connectivity index (χ2v) is 14.9. The van der Waals surface area contributed by atoms with E-state index in [4.69, 9.17) is 0 Å². The summed E-state index contributed by atoms with van der Waals surface area (Å²) in [5.74, 6) is 0. The van der Waals surface area contributed by atoms with E-state index in [1.54, 1.807) is 0 Å². The van der Waals surface area contributed by atoms with E-state index in [0.717, 1.165) is 0 Å². The lowest BCUT2D eigenvalue weighted by Crippen LogP contribution is -2.31. The van der Waals surface area contributed by atoms with Crippen molar-refractivity contribution in [2.75, 3.05) is 4.90 Å². The lowest BCUT2D eigenvalue weighted by Gasteiger charge is -2.43. The van der Waals surface area contributed by atoms with Crippen LogP contribution in [0.2, 0.25) is 0 Å². The normalized spacial score (nSPS) is 15.2. The molecule has 0 saturated carbocycles. The number of nitrogens with zero attached hydrogens (tertiary/aromatic N) is 1. The Balaban J connectivity index is 1.22. The van der Waals surface area contributed by atoms with Crippen LogP contribution in [0.1, 0.15) is 49.9 Å². The fraction of sp³-hybridized carbons (Fsp3) is 0.125. The summed E-state index contributed by atoms with van der Waals surface area (Å²) in [5, 5.41) is 7.83. The highest BCUT2D eigenvalue weighted by atomic mass is 15.2. The Morgan fingerprint density at radius 3 is 1.63 bits per heavy atom. The van der Waals surface area contributed by atoms with Gasteiger partial charge in [0.25, 0.3) is 0 Å². The molecule has 49 heavy (non-hydrogen) atoms. The van der Waals surface area contributed by atoms with Crippen LogP contribution in [0.5, 0.6) is 0 Å². The zero-order valence-corrected chi connectivity index (χ0v) is 28.4. The molecular formula is C48H37N. The standard InChI is InChI=1S/C48H37N/c1-47(2)40-21-13-12-20-38(40)45-41(47)25-26-42-46(45)49(32-14-6-5-7-15-32)44-27-23-31(29-43(44)48(42,3)4)30-22-24-37-35-18-9-8-16-33(35)34-17-10-11-19-36(34)39(37)28-30/h5-29H,1-4H3. The minimum absolute atomic E-state index is 0.0663. The van der Waals surface area contributed by atoms with Crippen molar-refractivity contribution in [2.24, 2.45) is 0 Å². The lowest BCUT2D eigenvalue weighted by molar-refractivity contribution is 0.628. The molecular weight excluding hydrogens is 591 g/mol. The summed E-state index contributed by atoms with van der Waals surface area (Å²) in [4.78, 5) is 2.54. The molecule has 10 rings (SSSR count). The second kappa shape index (κ2) is 9.94. The summed E-state index contributed by atoms with van der Waals surface area (Å²) in [6.45, 7) is 9.58. The van der Waals surface area contributed by atoms with Gasteiger partial charge in [0.1, 0.15) is 0 Å². The van der Waals surface area contributed by atoms with Crippen LogP contribution in [0.3, 0.4) is 0 Å². The Morgan fingerprint density at radius 2 is 0.918 bits per heavy atom. The monoisotopic (exact) mass is 627 g/mol. The van der Waals surface area contributed by atoms with Gasteiger partial charge in [-0.25, -0.2) is 0 Å². The maximum absolute atomic E-state index is 2.54. The SMILES string of the molecule is CC1(C)c2ccccc2-c2c1ccc1c2N(c2ccccc2)c2ccc(-c3ccc4c5ccccc5c5ccccc5c4c3)cc2C1(C)C. The first-order valence-corrected chi connectivity index (χ1v) is 17.5. The molecule has 8 aromatic carbocycles. The number of hydrogen-bond acceptors (Lipinski definition) is 1. The number of fused-ring (bicyclic) bond motifs is 12. The third kappa shape index (κ3) is 3.82. The van der Waals surface area contributed by atoms with Gasteiger partial charge in [-0.15, -0.1) is 0 Å². The molecule has 0 bridgehead atoms. The van der Waals surface area contributed by atoms with Crippen molar-refractivity contribution in [3.63, 3.8) is 0 Å². The molecule has 8 aromatic rings. The van der Waals surface area contributed by atoms with Crippen LogP contribution in [0.15, 0.2) is 152 Å². The van der Waals surface area contributed by atoms with Gasteiger partial charge in [-0.05, 0) is 102 Å². The Bertz CT molecular complexity index is 2620. The molecule has 234 valence electrons. The van der Waals surface area contributed by atoms with Gasteiger partial charge in [-0.2, -0.15) is 0 Å². The highest BCUT2D eigenvalue weighted by molar-refractivity contribution is 6.25. The first-order valence-electron chi connectivity index (χ1n) is 17.5. The van der Waals surface area contributed by atoms with Crippen LogP contribution in [0.25, 0.3) is 54.6 Å². The predicted molar refractivity (Wildman–Crippen MR) is 209 cm³/mol. The number of anilines is 3. The number of para-hydroxylation sites is 1. The van der Waals surface area contributed by atoms with Gasteiger partial charge in [0.05, 0.1) is 11.4 Å². The molecule has 0 N–H and O–H groups in total. The van der Waals surface area contributed by atoms with E-state index >= 15 is 0 Å². The summed E-state index contributed by atoms with van der Waals surface area (Å²) in [6, 6.07) is 56.7. The average Bonchev–Trinajstić information content (AvgIpc) is 3.38. The van der Waals surface area contributed by atoms with E-state index in [-0.39, 0.29) is 10.8 Å². The van der Waals surface area contributed by atoms with Crippen LogP contribution in [-0.4, -0.2) is 0 Å². The third-order valence-corrected chi connectivity index (χ3v) is 11.6. The van der Waals surface area contributed by atoms with Crippen molar-refractivity contribution < 1.29 is 0 Å². The van der Waals surface area contributed by atoms with E-state index in [1.807, 2.05) is 0 Å². The molecule has 0 amide bonds. The number of benzene rings is 8. The average molecular weight is 628 g/mol. The molecule has 1 heterocycles. The van der Waals surface area contributed by atoms with Crippen LogP contribution >= 0.6 is 0 Å². The minimum Gasteiger partial charge on any atom is -0.309 e. The summed E-state index contributed by atoms with van der Waals surface area (Å²) in [6.07, 6.45) is 0. The Hall–Kier alpha value is -5.66. The van der Waals surface area contributed by atoms with E-state index < -0.39 is 0 Å². The fourth-order valence-corrected chi connectivity index (χ4v) is 9.12. The second-order valence-electron chi connectivity index (χ2n) is 14.9. The van der Waals surface area contributed by atoms with Gasteiger partial charge in [-0.3, -0.25) is 0 Å². The van der Waals surface area contributed by atoms with Gasteiger partial charge in [-0.1, -0.05) is 149 Å². The molecule has 0 saturated heterocycles. The molecule has 0 atom stereocenters. The summed E-state index contributed by atoms with van der Waals surface area (Å²) < 4.78 is 0. The van der Waals surface area contributed by atoms with Crippen LogP contribution in [0, 0.1) is 0 Å². The van der Waals surface area contributed by atoms with Gasteiger partial charge < -0.3 is 4.90 Å². The van der Waals surface area contributed by atoms with Gasteiger partial charge in [0.15, 0.2) is 0 Å². The largest absolute Gasteiger partial charge is 0.309 e. The van der Waals surface area contributed by atoms with Crippen molar-refractivity contribution in [1.82, 2.24) is 0 Å². The van der Waals surface area contributed by atoms with Crippen molar-refractivity contribution in [3.05, 3.63) is 174 Å². The van der Waals surface area contributed by atoms with Crippen LogP contribution in [-0.2, 0) is 10.8 Å². The molecule has 1 nitrogen and oxygen atoms in total. The quantitative estimate of drug-likeness (QED) is 0.172. The first kappa shape index (κ1) is 28.4. The Morgan fingerprint density at radius 1 is 0.388 bits per heavy atom. The molecule has 1 aliphatic carbocycles. The number of rotatable bonds is 2. The first-order chi connectivity index (χ1) is 23.8. The molecule has 1 heteroatoms. The van der Waals surface area contributed by atoms with E-state index in [9.17, 15) is 0 Å². The van der Waals surface area contributed by atoms with Crippen molar-refractivity contribution >= 4 is 49.4 Å². The topological polar surface area (TPSA) is 3.24 Å². The van der Waals surface area contributed by atoms with Crippen molar-refractivity contribution in [2.45, 2.75) is 38.5 Å². The van der Waals surface area contributed by atoms with Crippen molar-refractivity contribution in [1.29, 1.82) is 0 Å². The zero-order chi connectivity index (χ0) is 33.1. The molecule has 1 aliphatic heterocycles. The maximum atomic E-state index is 2.54. The van der Waals surface area contributed by atoms with Gasteiger partial charge in [0.2, 0.25) is 0 Å². The molecule has 0 aromatic heterocycles. The zero-order valence-electron chi connectivity index (χ0n) is 28.4. The van der Waals surface area contributed by atoms with Crippen molar-refractivity contribution in [3.8, 4) is 22.3 Å². The number of hydrogen-bond donors (Lipinski definition) is 0. The van der Waals surface area contributed by atoms with E-state index in [1.165, 1.54) is 93.9 Å². The summed E-state index contributed by atoms with van der Waals surface area (Å²) in [5.41, 5.74) is 14.2. The van der Waals surface area contributed by atoms with E-state index in [2.05, 4.69) is 184 Å². The maximum Gasteiger partial charge on any atom is 0.0584 e. The molecule has 2 aliphatic rings. The summed E-state index contributed by atoms with van der Waals surface area (Å²) in [7, 11) is 0. The highest BCUT2D eigenvalue weighted by Crippen LogP contribution is 2.60. The van der Waals surface area contributed by atoms with Gasteiger partial charge >= 0.3 is 0 Å². The highest BCUT2D eigenvalue weighted by Gasteiger charge is 2.44.